The van der Waals surface area contributed by atoms with Gasteiger partial charge < -0.3 is 14.2 Å². The number of rotatable bonds is 5. The van der Waals surface area contributed by atoms with Crippen LogP contribution >= 0.6 is 0 Å². The summed E-state index contributed by atoms with van der Waals surface area (Å²) in [6.45, 7) is 6.25. The van der Waals surface area contributed by atoms with Crippen molar-refractivity contribution in [2.45, 2.75) is 58.3 Å². The van der Waals surface area contributed by atoms with Crippen molar-refractivity contribution in [2.24, 2.45) is 0 Å². The number of nitrogens with zero attached hydrogens (tertiary/aromatic N) is 2. The molecule has 4 rings (SSSR count). The highest BCUT2D eigenvalue weighted by atomic mass is 19.1. The maximum Gasteiger partial charge on any atom is 0.432 e. The molecule has 0 saturated carbocycles. The third-order valence-electron chi connectivity index (χ3n) is 4.57. The van der Waals surface area contributed by atoms with Crippen LogP contribution in [0.3, 0.4) is 0 Å². The lowest BCUT2D eigenvalue weighted by atomic mass is 10.1. The van der Waals surface area contributed by atoms with E-state index < -0.39 is 47.8 Å². The zero-order valence-corrected chi connectivity index (χ0v) is 17.8. The van der Waals surface area contributed by atoms with E-state index in [1.54, 1.807) is 39.8 Å². The standard InChI is InChI=1S/C22H25FN2O6/c1-14(2)30-20(27)24-17-9-10-19(26)22(12-11-17,25(24)21(28)31-15(3)4)29-13-16-7-5-6-8-18(16)23/h5-12,14-15,17H,13H2,1-4H3/t17-,22+/m0/s1. The molecule has 2 heterocycles. The van der Waals surface area contributed by atoms with E-state index in [1.807, 2.05) is 0 Å². The van der Waals surface area contributed by atoms with Gasteiger partial charge in [-0.2, -0.15) is 10.0 Å². The molecule has 0 unspecified atom stereocenters. The van der Waals surface area contributed by atoms with Crippen molar-refractivity contribution in [3.63, 3.8) is 0 Å². The quantitative estimate of drug-likeness (QED) is 0.660. The van der Waals surface area contributed by atoms with E-state index in [-0.39, 0.29) is 12.2 Å². The third kappa shape index (κ3) is 4.46. The van der Waals surface area contributed by atoms with Crippen LogP contribution in [0.1, 0.15) is 33.3 Å². The van der Waals surface area contributed by atoms with Crippen molar-refractivity contribution in [1.82, 2.24) is 10.0 Å². The molecule has 2 bridgehead atoms. The zero-order valence-electron chi connectivity index (χ0n) is 17.8. The monoisotopic (exact) mass is 432 g/mol. The van der Waals surface area contributed by atoms with E-state index >= 15 is 0 Å². The predicted octanol–water partition coefficient (Wildman–Crippen LogP) is 3.72. The van der Waals surface area contributed by atoms with Crippen molar-refractivity contribution in [3.05, 3.63) is 60.0 Å². The molecule has 31 heavy (non-hydrogen) atoms. The van der Waals surface area contributed by atoms with Crippen molar-refractivity contribution < 1.29 is 33.0 Å². The molecule has 1 aliphatic carbocycles. The maximum atomic E-state index is 14.1. The van der Waals surface area contributed by atoms with Gasteiger partial charge in [-0.3, -0.25) is 4.79 Å². The van der Waals surface area contributed by atoms with Gasteiger partial charge in [0.05, 0.1) is 24.9 Å². The van der Waals surface area contributed by atoms with E-state index in [2.05, 4.69) is 0 Å². The van der Waals surface area contributed by atoms with E-state index in [1.165, 1.54) is 36.4 Å². The molecular weight excluding hydrogens is 407 g/mol. The van der Waals surface area contributed by atoms with Crippen molar-refractivity contribution in [1.29, 1.82) is 0 Å². The summed E-state index contributed by atoms with van der Waals surface area (Å²) in [5, 5.41) is 1.79. The van der Waals surface area contributed by atoms with Crippen LogP contribution in [0.2, 0.25) is 0 Å². The Labute approximate surface area is 179 Å². The van der Waals surface area contributed by atoms with Gasteiger partial charge in [0.1, 0.15) is 5.82 Å². The van der Waals surface area contributed by atoms with E-state index in [0.717, 1.165) is 10.0 Å². The number of ketones is 1. The molecule has 1 aromatic rings. The van der Waals surface area contributed by atoms with Crippen LogP contribution in [-0.2, 0) is 25.6 Å². The molecule has 166 valence electrons. The Hall–Kier alpha value is -3.20. The first kappa shape index (κ1) is 22.5. The summed E-state index contributed by atoms with van der Waals surface area (Å²) in [7, 11) is 0. The highest BCUT2D eigenvalue weighted by Gasteiger charge is 2.56. The number of carbonyl (C=O) groups excluding carboxylic acids is 3. The number of ether oxygens (including phenoxy) is 3. The van der Waals surface area contributed by atoms with E-state index in [4.69, 9.17) is 14.2 Å². The van der Waals surface area contributed by atoms with E-state index in [9.17, 15) is 18.8 Å². The second kappa shape index (κ2) is 8.89. The molecule has 8 nitrogen and oxygen atoms in total. The van der Waals surface area contributed by atoms with E-state index in [0.29, 0.717) is 0 Å². The first-order valence-corrected chi connectivity index (χ1v) is 9.95. The molecule has 0 N–H and O–H groups in total. The van der Waals surface area contributed by atoms with Gasteiger partial charge in [0.15, 0.2) is 0 Å². The lowest BCUT2D eigenvalue weighted by molar-refractivity contribution is -0.198. The Morgan fingerprint density at radius 3 is 2.35 bits per heavy atom. The topological polar surface area (TPSA) is 85.4 Å². The number of fused-ring (bicyclic) bond motifs is 2. The molecule has 1 aromatic carbocycles. The van der Waals surface area contributed by atoms with Gasteiger partial charge in [0.25, 0.3) is 0 Å². The molecule has 2 atom stereocenters. The summed E-state index contributed by atoms with van der Waals surface area (Å²) in [5.74, 6) is -1.15. The van der Waals surface area contributed by atoms with Gasteiger partial charge in [0, 0.05) is 5.56 Å². The van der Waals surface area contributed by atoms with Crippen molar-refractivity contribution in [2.75, 3.05) is 0 Å². The number of hydrogen-bond donors (Lipinski definition) is 0. The second-order valence-electron chi connectivity index (χ2n) is 7.67. The number of amides is 2. The summed E-state index contributed by atoms with van der Waals surface area (Å²) in [6.07, 6.45) is 2.76. The predicted molar refractivity (Wildman–Crippen MR) is 108 cm³/mol. The first-order chi connectivity index (χ1) is 14.7. The summed E-state index contributed by atoms with van der Waals surface area (Å²) < 4.78 is 30.6. The lowest BCUT2D eigenvalue weighted by Gasteiger charge is -2.47. The molecule has 2 amide bonds. The largest absolute Gasteiger partial charge is 0.445 e. The molecular formula is C22H25FN2O6. The summed E-state index contributed by atoms with van der Waals surface area (Å²) in [5.41, 5.74) is -1.87. The highest BCUT2D eigenvalue weighted by molar-refractivity contribution is 6.02. The maximum absolute atomic E-state index is 14.1. The Bertz CT molecular complexity index is 928. The number of benzene rings is 1. The molecule has 0 saturated heterocycles. The van der Waals surface area contributed by atoms with Gasteiger partial charge in [-0.25, -0.2) is 14.0 Å². The molecule has 0 spiro atoms. The lowest BCUT2D eigenvalue weighted by Crippen LogP contribution is -2.68. The Balaban J connectivity index is 2.05. The van der Waals surface area contributed by atoms with Crippen LogP contribution in [0, 0.1) is 5.82 Å². The van der Waals surface area contributed by atoms with Gasteiger partial charge >= 0.3 is 12.2 Å². The number of hydrazine groups is 1. The minimum atomic E-state index is -2.05. The first-order valence-electron chi connectivity index (χ1n) is 9.95. The molecule has 2 aliphatic heterocycles. The number of hydrogen-bond acceptors (Lipinski definition) is 6. The normalized spacial score (nSPS) is 22.3. The fraction of sp³-hybridized carbons (Fsp3) is 0.409. The van der Waals surface area contributed by atoms with Gasteiger partial charge in [0.2, 0.25) is 11.5 Å². The van der Waals surface area contributed by atoms with Crippen LogP contribution in [-0.4, -0.2) is 52.0 Å². The van der Waals surface area contributed by atoms with Crippen molar-refractivity contribution in [3.8, 4) is 0 Å². The van der Waals surface area contributed by atoms with Crippen molar-refractivity contribution >= 4 is 18.0 Å². The average molecular weight is 432 g/mol. The Morgan fingerprint density at radius 2 is 1.71 bits per heavy atom. The fourth-order valence-electron chi connectivity index (χ4n) is 3.23. The third-order valence-corrected chi connectivity index (χ3v) is 4.57. The Kier molecular flexibility index (Phi) is 6.45. The SMILES string of the molecule is CC(C)OC(=O)N1[C@H]2C=CC(=O)[C@](OCc3ccccc3F)(C=C2)N1C(=O)OC(C)C. The van der Waals surface area contributed by atoms with Crippen LogP contribution < -0.4 is 0 Å². The fourth-order valence-corrected chi connectivity index (χ4v) is 3.23. The zero-order chi connectivity index (χ0) is 22.8. The molecule has 0 fully saturated rings. The molecule has 9 heteroatoms. The number of halogens is 1. The van der Waals surface area contributed by atoms with Gasteiger partial charge in [-0.15, -0.1) is 0 Å². The molecule has 0 aromatic heterocycles. The highest BCUT2D eigenvalue weighted by Crippen LogP contribution is 2.35. The minimum absolute atomic E-state index is 0.182. The van der Waals surface area contributed by atoms with Crippen LogP contribution in [0.25, 0.3) is 0 Å². The van der Waals surface area contributed by atoms with Crippen LogP contribution in [0.5, 0.6) is 0 Å². The minimum Gasteiger partial charge on any atom is -0.445 e. The summed E-state index contributed by atoms with van der Waals surface area (Å²) in [4.78, 5) is 39.1. The number of carbonyl (C=O) groups is 3. The average Bonchev–Trinajstić information content (AvgIpc) is 2.92. The second-order valence-corrected chi connectivity index (χ2v) is 7.67. The van der Waals surface area contributed by atoms with Gasteiger partial charge in [-0.1, -0.05) is 30.4 Å². The molecule has 0 radical (unpaired) electrons. The van der Waals surface area contributed by atoms with Crippen LogP contribution in [0.4, 0.5) is 14.0 Å². The smallest absolute Gasteiger partial charge is 0.432 e. The van der Waals surface area contributed by atoms with Crippen LogP contribution in [0.15, 0.2) is 48.6 Å². The summed E-state index contributed by atoms with van der Waals surface area (Å²) >= 11 is 0. The van der Waals surface area contributed by atoms with Gasteiger partial charge in [-0.05, 0) is 45.9 Å². The Morgan fingerprint density at radius 1 is 1.06 bits per heavy atom. The molecule has 3 aliphatic rings. The summed E-state index contributed by atoms with van der Waals surface area (Å²) in [6, 6.07) is 5.13.